The van der Waals surface area contributed by atoms with Gasteiger partial charge in [-0.2, -0.15) is 0 Å². The van der Waals surface area contributed by atoms with Crippen LogP contribution < -0.4 is 15.0 Å². The Balaban J connectivity index is 1.85. The molecular formula is C19H24N4O3. The van der Waals surface area contributed by atoms with Gasteiger partial charge in [0.15, 0.2) is 0 Å². The molecule has 2 amide bonds. The number of aromatic nitrogens is 2. The van der Waals surface area contributed by atoms with E-state index in [-0.39, 0.29) is 17.7 Å². The number of amides is 2. The van der Waals surface area contributed by atoms with Crippen LogP contribution in [0.3, 0.4) is 0 Å². The number of aryl methyl sites for hydroxylation is 1. The van der Waals surface area contributed by atoms with Gasteiger partial charge in [0, 0.05) is 36.6 Å². The van der Waals surface area contributed by atoms with Crippen LogP contribution in [0.2, 0.25) is 0 Å². The predicted octanol–water partition coefficient (Wildman–Crippen LogP) is 2.62. The molecule has 7 nitrogen and oxygen atoms in total. The Hall–Kier alpha value is -2.83. The van der Waals surface area contributed by atoms with Crippen LogP contribution >= 0.6 is 0 Å². The number of ether oxygens (including phenoxy) is 1. The fourth-order valence-corrected chi connectivity index (χ4v) is 3.05. The number of benzene rings is 1. The minimum absolute atomic E-state index is 0.0775. The topological polar surface area (TPSA) is 76.5 Å². The number of nitrogens with one attached hydrogen (secondary N) is 1. The molecule has 1 aromatic heterocycles. The summed E-state index contributed by atoms with van der Waals surface area (Å²) in [6.07, 6.45) is 2.43. The first kappa shape index (κ1) is 18.0. The van der Waals surface area contributed by atoms with Crippen molar-refractivity contribution in [3.63, 3.8) is 0 Å². The smallest absolute Gasteiger partial charge is 0.262 e. The molecule has 138 valence electrons. The van der Waals surface area contributed by atoms with Gasteiger partial charge in [0.1, 0.15) is 5.56 Å². The molecule has 26 heavy (non-hydrogen) atoms. The number of hydrogen-bond acceptors (Lipinski definition) is 4. The zero-order chi connectivity index (χ0) is 19.1. The molecule has 3 rings (SSSR count). The second-order valence-electron chi connectivity index (χ2n) is 7.48. The molecule has 1 aromatic carbocycles. The summed E-state index contributed by atoms with van der Waals surface area (Å²) in [7, 11) is 3.20. The van der Waals surface area contributed by atoms with Gasteiger partial charge >= 0.3 is 0 Å². The number of carbonyl (C=O) groups excluding carboxylic acids is 2. The van der Waals surface area contributed by atoms with Crippen LogP contribution in [0.15, 0.2) is 24.4 Å². The number of rotatable bonds is 3. The minimum atomic E-state index is -0.454. The Labute approximate surface area is 152 Å². The van der Waals surface area contributed by atoms with Crippen molar-refractivity contribution in [1.29, 1.82) is 0 Å². The first-order valence-corrected chi connectivity index (χ1v) is 8.54. The molecule has 0 aliphatic carbocycles. The van der Waals surface area contributed by atoms with E-state index in [9.17, 15) is 9.59 Å². The molecule has 2 heterocycles. The van der Waals surface area contributed by atoms with Crippen LogP contribution in [0.4, 0.5) is 11.4 Å². The third-order valence-corrected chi connectivity index (χ3v) is 4.36. The minimum Gasteiger partial charge on any atom is -0.479 e. The highest BCUT2D eigenvalue weighted by Crippen LogP contribution is 2.34. The molecule has 0 radical (unpaired) electrons. The molecule has 7 heteroatoms. The number of fused-ring (bicyclic) bond motifs is 1. The quantitative estimate of drug-likeness (QED) is 0.917. The van der Waals surface area contributed by atoms with Crippen molar-refractivity contribution >= 4 is 23.2 Å². The van der Waals surface area contributed by atoms with Crippen LogP contribution in [0.5, 0.6) is 5.88 Å². The van der Waals surface area contributed by atoms with Gasteiger partial charge < -0.3 is 15.0 Å². The highest BCUT2D eigenvalue weighted by molar-refractivity contribution is 6.06. The average molecular weight is 356 g/mol. The van der Waals surface area contributed by atoms with Crippen LogP contribution in [-0.4, -0.2) is 35.2 Å². The van der Waals surface area contributed by atoms with Gasteiger partial charge in [0.05, 0.1) is 7.11 Å². The van der Waals surface area contributed by atoms with Gasteiger partial charge in [-0.15, -0.1) is 5.10 Å². The predicted molar refractivity (Wildman–Crippen MR) is 99.7 cm³/mol. The van der Waals surface area contributed by atoms with Crippen molar-refractivity contribution in [2.24, 2.45) is 12.5 Å². The number of carbonyl (C=O) groups is 2. The summed E-state index contributed by atoms with van der Waals surface area (Å²) in [4.78, 5) is 27.0. The van der Waals surface area contributed by atoms with Gasteiger partial charge in [-0.25, -0.2) is 0 Å². The standard InChI is InChI=1S/C19H24N4O3/c1-19(2,3)18(25)23-9-8-12-6-7-13(10-15(12)23)20-16(24)14-11-22(4)21-17(14)26-5/h6-7,10-11H,8-9H2,1-5H3,(H,20,24). The third kappa shape index (κ3) is 3.29. The highest BCUT2D eigenvalue weighted by Gasteiger charge is 2.32. The van der Waals surface area contributed by atoms with Gasteiger partial charge in [-0.3, -0.25) is 14.3 Å². The molecule has 1 N–H and O–H groups in total. The second kappa shape index (κ2) is 6.48. The number of hydrogen-bond donors (Lipinski definition) is 1. The molecule has 0 bridgehead atoms. The first-order chi connectivity index (χ1) is 12.2. The zero-order valence-corrected chi connectivity index (χ0v) is 15.8. The summed E-state index contributed by atoms with van der Waals surface area (Å²) in [6, 6.07) is 5.67. The average Bonchev–Trinajstić information content (AvgIpc) is 3.16. The Morgan fingerprint density at radius 2 is 2.00 bits per heavy atom. The van der Waals surface area contributed by atoms with E-state index in [2.05, 4.69) is 10.4 Å². The van der Waals surface area contributed by atoms with E-state index in [1.165, 1.54) is 11.8 Å². The van der Waals surface area contributed by atoms with Gasteiger partial charge in [-0.05, 0) is 24.1 Å². The largest absolute Gasteiger partial charge is 0.479 e. The van der Waals surface area contributed by atoms with E-state index in [0.29, 0.717) is 17.8 Å². The van der Waals surface area contributed by atoms with Gasteiger partial charge in [0.2, 0.25) is 11.8 Å². The van der Waals surface area contributed by atoms with E-state index >= 15 is 0 Å². The molecule has 2 aromatic rings. The van der Waals surface area contributed by atoms with Crippen molar-refractivity contribution in [2.45, 2.75) is 27.2 Å². The van der Waals surface area contributed by atoms with Crippen LogP contribution in [0, 0.1) is 5.41 Å². The van der Waals surface area contributed by atoms with Gasteiger partial charge in [0.25, 0.3) is 5.91 Å². The van der Waals surface area contributed by atoms with Crippen molar-refractivity contribution in [1.82, 2.24) is 9.78 Å². The maximum absolute atomic E-state index is 12.7. The van der Waals surface area contributed by atoms with Crippen LogP contribution in [0.25, 0.3) is 0 Å². The zero-order valence-electron chi connectivity index (χ0n) is 15.8. The molecule has 0 saturated carbocycles. The van der Waals surface area contributed by atoms with Crippen LogP contribution in [-0.2, 0) is 18.3 Å². The van der Waals surface area contributed by atoms with Gasteiger partial charge in [-0.1, -0.05) is 26.8 Å². The molecular weight excluding hydrogens is 332 g/mol. The summed E-state index contributed by atoms with van der Waals surface area (Å²) in [5, 5.41) is 6.96. The van der Waals surface area contributed by atoms with Crippen molar-refractivity contribution in [3.8, 4) is 5.88 Å². The number of anilines is 2. The molecule has 0 unspecified atom stereocenters. The van der Waals surface area contributed by atoms with E-state index in [4.69, 9.17) is 4.74 Å². The summed E-state index contributed by atoms with van der Waals surface area (Å²) >= 11 is 0. The molecule has 0 spiro atoms. The number of methoxy groups -OCH3 is 1. The molecule has 1 aliphatic rings. The van der Waals surface area contributed by atoms with Crippen molar-refractivity contribution < 1.29 is 14.3 Å². The maximum Gasteiger partial charge on any atom is 0.262 e. The first-order valence-electron chi connectivity index (χ1n) is 8.54. The lowest BCUT2D eigenvalue weighted by atomic mass is 9.94. The van der Waals surface area contributed by atoms with Crippen molar-refractivity contribution in [2.75, 3.05) is 23.9 Å². The van der Waals surface area contributed by atoms with E-state index in [1.807, 2.05) is 39.0 Å². The summed E-state index contributed by atoms with van der Waals surface area (Å²) < 4.78 is 6.67. The fourth-order valence-electron chi connectivity index (χ4n) is 3.05. The second-order valence-corrected chi connectivity index (χ2v) is 7.48. The Bertz CT molecular complexity index is 864. The summed E-state index contributed by atoms with van der Waals surface area (Å²) in [5.41, 5.74) is 2.51. The summed E-state index contributed by atoms with van der Waals surface area (Å²) in [6.45, 7) is 6.40. The fraction of sp³-hybridized carbons (Fsp3) is 0.421. The monoisotopic (exact) mass is 356 g/mol. The third-order valence-electron chi connectivity index (χ3n) is 4.36. The van der Waals surface area contributed by atoms with E-state index in [0.717, 1.165) is 17.7 Å². The molecule has 0 atom stereocenters. The lowest BCUT2D eigenvalue weighted by Gasteiger charge is -2.26. The molecule has 1 aliphatic heterocycles. The van der Waals surface area contributed by atoms with Crippen LogP contribution in [0.1, 0.15) is 36.7 Å². The SMILES string of the molecule is COc1nn(C)cc1C(=O)Nc1ccc2c(c1)N(C(=O)C(C)(C)C)CC2. The van der Waals surface area contributed by atoms with Crippen molar-refractivity contribution in [3.05, 3.63) is 35.5 Å². The molecule has 0 fully saturated rings. The lowest BCUT2D eigenvalue weighted by Crippen LogP contribution is -2.38. The normalized spacial score (nSPS) is 13.5. The van der Waals surface area contributed by atoms with E-state index < -0.39 is 5.41 Å². The maximum atomic E-state index is 12.7. The highest BCUT2D eigenvalue weighted by atomic mass is 16.5. The Morgan fingerprint density at radius 1 is 1.27 bits per heavy atom. The Morgan fingerprint density at radius 3 is 2.65 bits per heavy atom. The lowest BCUT2D eigenvalue weighted by molar-refractivity contribution is -0.125. The summed E-state index contributed by atoms with van der Waals surface area (Å²) in [5.74, 6) is 0.0472. The van der Waals surface area contributed by atoms with E-state index in [1.54, 1.807) is 18.1 Å². The number of nitrogens with zero attached hydrogens (tertiary/aromatic N) is 3. The Kier molecular flexibility index (Phi) is 4.48. The molecule has 0 saturated heterocycles.